The lowest BCUT2D eigenvalue weighted by atomic mass is 10.4. The molecule has 4 amide bonds. The summed E-state index contributed by atoms with van der Waals surface area (Å²) < 4.78 is 0. The summed E-state index contributed by atoms with van der Waals surface area (Å²) in [4.78, 5) is 35.3. The van der Waals surface area contributed by atoms with Crippen molar-refractivity contribution in [2.24, 2.45) is 0 Å². The molecule has 1 N–H and O–H groups in total. The molecule has 6 heteroatoms. The first kappa shape index (κ1) is 12.4. The quantitative estimate of drug-likeness (QED) is 0.640. The summed E-state index contributed by atoms with van der Waals surface area (Å²) in [6, 6.07) is -0.365. The Morgan fingerprint density at radius 2 is 1.71 bits per heavy atom. The van der Waals surface area contributed by atoms with E-state index in [1.165, 1.54) is 33.0 Å². The Labute approximate surface area is 82.8 Å². The summed E-state index contributed by atoms with van der Waals surface area (Å²) in [5.41, 5.74) is 0. The van der Waals surface area contributed by atoms with Crippen LogP contribution in [0.1, 0.15) is 6.92 Å². The van der Waals surface area contributed by atoms with Crippen LogP contribution in [0.3, 0.4) is 0 Å². The lowest BCUT2D eigenvalue weighted by Crippen LogP contribution is -2.43. The first-order chi connectivity index (χ1) is 6.40. The van der Waals surface area contributed by atoms with Crippen LogP contribution >= 0.6 is 0 Å². The topological polar surface area (TPSA) is 69.7 Å². The maximum absolute atomic E-state index is 11.3. The average Bonchev–Trinajstić information content (AvgIpc) is 2.14. The second kappa shape index (κ2) is 5.21. The van der Waals surface area contributed by atoms with Crippen LogP contribution in [-0.2, 0) is 9.59 Å². The Balaban J connectivity index is 4.19. The van der Waals surface area contributed by atoms with E-state index in [9.17, 15) is 14.4 Å². The monoisotopic (exact) mass is 201 g/mol. The number of carbonyl (C=O) groups is 3. The van der Waals surface area contributed by atoms with Crippen molar-refractivity contribution in [2.45, 2.75) is 6.92 Å². The fourth-order valence-corrected chi connectivity index (χ4v) is 0.747. The number of carbonyl (C=O) groups excluding carboxylic acids is 3. The van der Waals surface area contributed by atoms with Crippen LogP contribution in [0, 0.1) is 0 Å². The number of hydrogen-bond donors (Lipinski definition) is 1. The van der Waals surface area contributed by atoms with Gasteiger partial charge >= 0.3 is 6.03 Å². The molecule has 0 fully saturated rings. The standard InChI is InChI=1S/C8H15N3O3/c1-6(12)11(4)7(13)5-10(3)8(14)9-2/h5H2,1-4H3,(H,9,14). The number of urea groups is 1. The van der Waals surface area contributed by atoms with Gasteiger partial charge in [0.05, 0.1) is 0 Å². The molecule has 0 saturated heterocycles. The van der Waals surface area contributed by atoms with Gasteiger partial charge in [0.15, 0.2) is 0 Å². The zero-order valence-electron chi connectivity index (χ0n) is 8.83. The fourth-order valence-electron chi connectivity index (χ4n) is 0.747. The lowest BCUT2D eigenvalue weighted by Gasteiger charge is -2.19. The largest absolute Gasteiger partial charge is 0.341 e. The highest BCUT2D eigenvalue weighted by atomic mass is 16.2. The van der Waals surface area contributed by atoms with Crippen molar-refractivity contribution in [1.29, 1.82) is 0 Å². The smallest absolute Gasteiger partial charge is 0.317 e. The minimum Gasteiger partial charge on any atom is -0.341 e. The second-order valence-electron chi connectivity index (χ2n) is 2.88. The van der Waals surface area contributed by atoms with E-state index < -0.39 is 5.91 Å². The Hall–Kier alpha value is -1.59. The van der Waals surface area contributed by atoms with Gasteiger partial charge in [-0.15, -0.1) is 0 Å². The first-order valence-corrected chi connectivity index (χ1v) is 4.10. The summed E-state index contributed by atoms with van der Waals surface area (Å²) >= 11 is 0. The molecule has 0 spiro atoms. The molecule has 0 aromatic carbocycles. The molecule has 80 valence electrons. The summed E-state index contributed by atoms with van der Waals surface area (Å²) in [7, 11) is 4.32. The Bertz CT molecular complexity index is 252. The molecule has 0 saturated carbocycles. The zero-order valence-corrected chi connectivity index (χ0v) is 8.83. The predicted molar refractivity (Wildman–Crippen MR) is 50.5 cm³/mol. The number of nitrogens with zero attached hydrogens (tertiary/aromatic N) is 2. The lowest BCUT2D eigenvalue weighted by molar-refractivity contribution is -0.141. The van der Waals surface area contributed by atoms with Gasteiger partial charge in [0.2, 0.25) is 11.8 Å². The Morgan fingerprint density at radius 3 is 2.07 bits per heavy atom. The Kier molecular flexibility index (Phi) is 4.62. The van der Waals surface area contributed by atoms with Gasteiger partial charge in [-0.2, -0.15) is 0 Å². The third-order valence-corrected chi connectivity index (χ3v) is 1.78. The molecular weight excluding hydrogens is 186 g/mol. The summed E-state index contributed by atoms with van der Waals surface area (Å²) in [5, 5.41) is 2.37. The van der Waals surface area contributed by atoms with E-state index in [-0.39, 0.29) is 18.5 Å². The van der Waals surface area contributed by atoms with Crippen LogP contribution in [0.4, 0.5) is 4.79 Å². The van der Waals surface area contributed by atoms with E-state index in [0.717, 1.165) is 4.90 Å². The normalized spacial score (nSPS) is 9.14. The maximum Gasteiger partial charge on any atom is 0.317 e. The summed E-state index contributed by atoms with van der Waals surface area (Å²) in [6.45, 7) is 1.17. The van der Waals surface area contributed by atoms with Crippen LogP contribution in [0.2, 0.25) is 0 Å². The number of likely N-dealkylation sites (N-methyl/N-ethyl adjacent to an activating group) is 2. The van der Waals surface area contributed by atoms with E-state index >= 15 is 0 Å². The Morgan fingerprint density at radius 1 is 1.21 bits per heavy atom. The van der Waals surface area contributed by atoms with Crippen molar-refractivity contribution >= 4 is 17.8 Å². The molecule has 6 nitrogen and oxygen atoms in total. The highest BCUT2D eigenvalue weighted by molar-refractivity contribution is 5.95. The van der Waals surface area contributed by atoms with Crippen molar-refractivity contribution in [3.63, 3.8) is 0 Å². The molecule has 0 aromatic heterocycles. The third-order valence-electron chi connectivity index (χ3n) is 1.78. The van der Waals surface area contributed by atoms with Crippen LogP contribution < -0.4 is 5.32 Å². The van der Waals surface area contributed by atoms with Crippen LogP contribution in [0.15, 0.2) is 0 Å². The molecule has 0 rings (SSSR count). The zero-order chi connectivity index (χ0) is 11.3. The number of nitrogens with one attached hydrogen (secondary N) is 1. The van der Waals surface area contributed by atoms with Crippen molar-refractivity contribution in [2.75, 3.05) is 27.7 Å². The fraction of sp³-hybridized carbons (Fsp3) is 0.625. The van der Waals surface area contributed by atoms with E-state index in [2.05, 4.69) is 5.32 Å². The molecule has 0 aliphatic heterocycles. The van der Waals surface area contributed by atoms with E-state index in [0.29, 0.717) is 0 Å². The van der Waals surface area contributed by atoms with E-state index in [4.69, 9.17) is 0 Å². The molecule has 0 heterocycles. The highest BCUT2D eigenvalue weighted by Gasteiger charge is 2.16. The molecule has 14 heavy (non-hydrogen) atoms. The van der Waals surface area contributed by atoms with Gasteiger partial charge in [-0.05, 0) is 0 Å². The van der Waals surface area contributed by atoms with Crippen molar-refractivity contribution in [3.8, 4) is 0 Å². The highest BCUT2D eigenvalue weighted by Crippen LogP contribution is 1.90. The SMILES string of the molecule is CNC(=O)N(C)CC(=O)N(C)C(C)=O. The van der Waals surface area contributed by atoms with Gasteiger partial charge in [0.1, 0.15) is 6.54 Å². The van der Waals surface area contributed by atoms with Gasteiger partial charge in [-0.25, -0.2) is 4.79 Å². The minimum atomic E-state index is -0.413. The van der Waals surface area contributed by atoms with Gasteiger partial charge in [-0.1, -0.05) is 0 Å². The van der Waals surface area contributed by atoms with E-state index in [1.807, 2.05) is 0 Å². The van der Waals surface area contributed by atoms with Crippen LogP contribution in [0.5, 0.6) is 0 Å². The molecule has 0 unspecified atom stereocenters. The predicted octanol–water partition coefficient (Wildman–Crippen LogP) is -0.737. The van der Waals surface area contributed by atoms with Crippen molar-refractivity contribution < 1.29 is 14.4 Å². The van der Waals surface area contributed by atoms with Crippen molar-refractivity contribution in [3.05, 3.63) is 0 Å². The molecule has 0 aliphatic carbocycles. The van der Waals surface area contributed by atoms with Gasteiger partial charge < -0.3 is 10.2 Å². The average molecular weight is 201 g/mol. The number of rotatable bonds is 2. The van der Waals surface area contributed by atoms with Gasteiger partial charge in [0, 0.05) is 28.1 Å². The molecule has 0 atom stereocenters. The molecule has 0 aliphatic rings. The van der Waals surface area contributed by atoms with Crippen LogP contribution in [-0.4, -0.2) is 55.3 Å². The molecule has 0 bridgehead atoms. The van der Waals surface area contributed by atoms with Gasteiger partial charge in [0.25, 0.3) is 0 Å². The molecule has 0 radical (unpaired) electrons. The number of imide groups is 1. The molecular formula is C8H15N3O3. The second-order valence-corrected chi connectivity index (χ2v) is 2.88. The minimum absolute atomic E-state index is 0.115. The summed E-state index contributed by atoms with van der Waals surface area (Å²) in [6.07, 6.45) is 0. The van der Waals surface area contributed by atoms with Crippen LogP contribution in [0.25, 0.3) is 0 Å². The van der Waals surface area contributed by atoms with Crippen molar-refractivity contribution in [1.82, 2.24) is 15.1 Å². The number of amides is 4. The van der Waals surface area contributed by atoms with E-state index in [1.54, 1.807) is 0 Å². The maximum atomic E-state index is 11.3. The number of hydrogen-bond acceptors (Lipinski definition) is 3. The van der Waals surface area contributed by atoms with Gasteiger partial charge in [-0.3, -0.25) is 14.5 Å². The summed E-state index contributed by atoms with van der Waals surface area (Å²) in [5.74, 6) is -0.760. The molecule has 0 aromatic rings. The first-order valence-electron chi connectivity index (χ1n) is 4.10. The third kappa shape index (κ3) is 3.42.